The molecule has 1 saturated carbocycles. The van der Waals surface area contributed by atoms with E-state index in [2.05, 4.69) is 44.0 Å². The normalized spacial score (nSPS) is 14.5. The molecule has 3 aromatic heterocycles. The Morgan fingerprint density at radius 3 is 2.70 bits per heavy atom. The zero-order valence-electron chi connectivity index (χ0n) is 17.8. The van der Waals surface area contributed by atoms with Crippen LogP contribution >= 0.6 is 0 Å². The molecule has 0 amide bonds. The van der Waals surface area contributed by atoms with Crippen LogP contribution < -0.4 is 0 Å². The number of benzene rings is 2. The molecule has 6 nitrogen and oxygen atoms in total. The number of pyridine rings is 1. The summed E-state index contributed by atoms with van der Waals surface area (Å²) >= 11 is 0. The van der Waals surface area contributed by atoms with Gasteiger partial charge in [-0.15, -0.1) is 0 Å². The SMILES string of the molecule is COC(=O)c1ccc(-c2cnc3ncc(C4(c5ccc6ncccc6c5)CC4)n3c2)c(F)c1. The van der Waals surface area contributed by atoms with E-state index in [0.29, 0.717) is 16.9 Å². The molecule has 1 fully saturated rings. The average molecular weight is 438 g/mol. The van der Waals surface area contributed by atoms with E-state index in [0.717, 1.165) is 29.4 Å². The van der Waals surface area contributed by atoms with E-state index in [1.54, 1.807) is 24.5 Å². The van der Waals surface area contributed by atoms with Gasteiger partial charge in [0.25, 0.3) is 0 Å². The van der Waals surface area contributed by atoms with Gasteiger partial charge in [-0.25, -0.2) is 19.2 Å². The first kappa shape index (κ1) is 19.5. The number of ether oxygens (including phenoxy) is 1. The molecular weight excluding hydrogens is 419 g/mol. The van der Waals surface area contributed by atoms with Crippen LogP contribution in [0.1, 0.15) is 34.5 Å². The Bertz CT molecular complexity index is 1560. The topological polar surface area (TPSA) is 69.4 Å². The second-order valence-electron chi connectivity index (χ2n) is 8.34. The van der Waals surface area contributed by atoms with Crippen LogP contribution in [0, 0.1) is 5.82 Å². The quantitative estimate of drug-likeness (QED) is 0.372. The molecule has 0 bridgehead atoms. The summed E-state index contributed by atoms with van der Waals surface area (Å²) in [5.41, 5.74) is 4.18. The van der Waals surface area contributed by atoms with Gasteiger partial charge < -0.3 is 4.74 Å². The Morgan fingerprint density at radius 2 is 1.91 bits per heavy atom. The molecule has 0 aliphatic heterocycles. The third-order valence-electron chi connectivity index (χ3n) is 6.46. The number of esters is 1. The van der Waals surface area contributed by atoms with E-state index in [1.165, 1.54) is 18.7 Å². The fraction of sp³-hybridized carbons (Fsp3) is 0.154. The van der Waals surface area contributed by atoms with Gasteiger partial charge in [0.15, 0.2) is 0 Å². The molecule has 1 aliphatic carbocycles. The predicted molar refractivity (Wildman–Crippen MR) is 121 cm³/mol. The van der Waals surface area contributed by atoms with Gasteiger partial charge in [0, 0.05) is 40.5 Å². The van der Waals surface area contributed by atoms with Crippen LogP contribution in [-0.4, -0.2) is 32.4 Å². The molecule has 162 valence electrons. The molecular formula is C26H19FN4O2. The fourth-order valence-electron chi connectivity index (χ4n) is 4.55. The molecule has 33 heavy (non-hydrogen) atoms. The Labute approximate surface area is 188 Å². The minimum atomic E-state index is -0.577. The maximum atomic E-state index is 14.9. The smallest absolute Gasteiger partial charge is 0.337 e. The number of carbonyl (C=O) groups is 1. The van der Waals surface area contributed by atoms with Crippen molar-refractivity contribution in [3.05, 3.63) is 96.0 Å². The highest BCUT2D eigenvalue weighted by Gasteiger charge is 2.48. The van der Waals surface area contributed by atoms with Crippen LogP contribution in [0.25, 0.3) is 27.8 Å². The maximum Gasteiger partial charge on any atom is 0.337 e. The number of carbonyl (C=O) groups excluding carboxylic acids is 1. The second-order valence-corrected chi connectivity index (χ2v) is 8.34. The van der Waals surface area contributed by atoms with Crippen molar-refractivity contribution in [2.75, 3.05) is 7.11 Å². The Kier molecular flexibility index (Phi) is 4.26. The highest BCUT2D eigenvalue weighted by atomic mass is 19.1. The number of methoxy groups -OCH3 is 1. The summed E-state index contributed by atoms with van der Waals surface area (Å²) in [6.07, 6.45) is 9.12. The summed E-state index contributed by atoms with van der Waals surface area (Å²) in [5.74, 6) is -0.523. The van der Waals surface area contributed by atoms with E-state index < -0.39 is 11.8 Å². The van der Waals surface area contributed by atoms with Gasteiger partial charge >= 0.3 is 5.97 Å². The zero-order chi connectivity index (χ0) is 22.6. The minimum absolute atomic E-state index is 0.156. The number of hydrogen-bond donors (Lipinski definition) is 0. The number of fused-ring (bicyclic) bond motifs is 2. The fourth-order valence-corrected chi connectivity index (χ4v) is 4.55. The lowest BCUT2D eigenvalue weighted by atomic mass is 9.91. The molecule has 5 aromatic rings. The number of imidazole rings is 1. The van der Waals surface area contributed by atoms with Crippen LogP contribution in [0.4, 0.5) is 4.39 Å². The molecule has 1 aliphatic rings. The van der Waals surface area contributed by atoms with Crippen LogP contribution in [0.2, 0.25) is 0 Å². The number of nitrogens with zero attached hydrogens (tertiary/aromatic N) is 4. The van der Waals surface area contributed by atoms with Crippen molar-refractivity contribution in [2.45, 2.75) is 18.3 Å². The van der Waals surface area contributed by atoms with Crippen molar-refractivity contribution >= 4 is 22.6 Å². The second kappa shape index (κ2) is 7.20. The summed E-state index contributed by atoms with van der Waals surface area (Å²) in [4.78, 5) is 25.1. The minimum Gasteiger partial charge on any atom is -0.465 e. The van der Waals surface area contributed by atoms with Crippen LogP contribution in [-0.2, 0) is 10.2 Å². The van der Waals surface area contributed by atoms with Crippen LogP contribution in [0.3, 0.4) is 0 Å². The maximum absolute atomic E-state index is 14.9. The summed E-state index contributed by atoms with van der Waals surface area (Å²) in [5, 5.41) is 1.10. The highest BCUT2D eigenvalue weighted by Crippen LogP contribution is 2.53. The highest BCUT2D eigenvalue weighted by molar-refractivity contribution is 5.90. The van der Waals surface area contributed by atoms with Crippen LogP contribution in [0.15, 0.2) is 73.3 Å². The van der Waals surface area contributed by atoms with Crippen molar-refractivity contribution in [1.82, 2.24) is 19.4 Å². The monoisotopic (exact) mass is 438 g/mol. The van der Waals surface area contributed by atoms with E-state index >= 15 is 0 Å². The van der Waals surface area contributed by atoms with Crippen molar-refractivity contribution < 1.29 is 13.9 Å². The third kappa shape index (κ3) is 3.08. The van der Waals surface area contributed by atoms with Gasteiger partial charge in [0.2, 0.25) is 5.78 Å². The van der Waals surface area contributed by atoms with Gasteiger partial charge in [0.1, 0.15) is 5.82 Å². The first-order valence-corrected chi connectivity index (χ1v) is 10.7. The first-order valence-electron chi connectivity index (χ1n) is 10.7. The number of aromatic nitrogens is 4. The lowest BCUT2D eigenvalue weighted by Gasteiger charge is -2.17. The molecule has 0 radical (unpaired) electrons. The van der Waals surface area contributed by atoms with E-state index in [-0.39, 0.29) is 11.0 Å². The summed E-state index contributed by atoms with van der Waals surface area (Å²) in [6.45, 7) is 0. The van der Waals surface area contributed by atoms with E-state index in [9.17, 15) is 9.18 Å². The largest absolute Gasteiger partial charge is 0.465 e. The van der Waals surface area contributed by atoms with E-state index in [4.69, 9.17) is 0 Å². The molecule has 2 aromatic carbocycles. The standard InChI is InChI=1S/C26H19FN4O2/c1-33-24(32)17-4-6-20(21(27)12-17)18-13-29-25-30-14-23(31(25)15-18)26(8-9-26)19-5-7-22-16(11-19)3-2-10-28-22/h2-7,10-15H,8-9H2,1H3. The summed E-state index contributed by atoms with van der Waals surface area (Å²) < 4.78 is 21.5. The van der Waals surface area contributed by atoms with Crippen molar-refractivity contribution in [1.29, 1.82) is 0 Å². The molecule has 6 rings (SSSR count). The molecule has 0 spiro atoms. The lowest BCUT2D eigenvalue weighted by molar-refractivity contribution is 0.0600. The Morgan fingerprint density at radius 1 is 1.06 bits per heavy atom. The Balaban J connectivity index is 1.45. The van der Waals surface area contributed by atoms with Crippen molar-refractivity contribution in [3.8, 4) is 11.1 Å². The first-order chi connectivity index (χ1) is 16.1. The van der Waals surface area contributed by atoms with Crippen molar-refractivity contribution in [2.24, 2.45) is 0 Å². The third-order valence-corrected chi connectivity index (χ3v) is 6.46. The van der Waals surface area contributed by atoms with Gasteiger partial charge in [-0.2, -0.15) is 0 Å². The molecule has 0 unspecified atom stereocenters. The van der Waals surface area contributed by atoms with Gasteiger partial charge in [-0.1, -0.05) is 18.2 Å². The van der Waals surface area contributed by atoms with Gasteiger partial charge in [-0.3, -0.25) is 9.38 Å². The zero-order valence-corrected chi connectivity index (χ0v) is 17.8. The number of hydrogen-bond acceptors (Lipinski definition) is 5. The van der Waals surface area contributed by atoms with Gasteiger partial charge in [-0.05, 0) is 48.7 Å². The van der Waals surface area contributed by atoms with Crippen molar-refractivity contribution in [3.63, 3.8) is 0 Å². The van der Waals surface area contributed by atoms with Crippen LogP contribution in [0.5, 0.6) is 0 Å². The van der Waals surface area contributed by atoms with Gasteiger partial charge in [0.05, 0.1) is 30.1 Å². The number of halogens is 1. The molecule has 0 saturated heterocycles. The molecule has 0 N–H and O–H groups in total. The molecule has 7 heteroatoms. The average Bonchev–Trinajstić information content (AvgIpc) is 3.55. The predicted octanol–water partition coefficient (Wildman–Crippen LogP) is 4.95. The lowest BCUT2D eigenvalue weighted by Crippen LogP contribution is -2.12. The summed E-state index contributed by atoms with van der Waals surface area (Å²) in [7, 11) is 1.27. The number of rotatable bonds is 4. The molecule has 0 atom stereocenters. The molecule has 3 heterocycles. The van der Waals surface area contributed by atoms with E-state index in [1.807, 2.05) is 22.9 Å². The summed E-state index contributed by atoms with van der Waals surface area (Å²) in [6, 6.07) is 14.7. The Hall–Kier alpha value is -4.13.